The first kappa shape index (κ1) is 6.89. The molecular formula is C9H12O2. The van der Waals surface area contributed by atoms with Crippen molar-refractivity contribution in [2.24, 2.45) is 11.3 Å². The molecule has 0 bridgehead atoms. The molecule has 1 fully saturated rings. The topological polar surface area (TPSA) is 26.3 Å². The average molecular weight is 152 g/mol. The quantitative estimate of drug-likeness (QED) is 0.388. The van der Waals surface area contributed by atoms with Crippen LogP contribution in [0.1, 0.15) is 19.8 Å². The average Bonchev–Trinajstić information content (AvgIpc) is 2.29. The van der Waals surface area contributed by atoms with Gasteiger partial charge in [-0.2, -0.15) is 0 Å². The van der Waals surface area contributed by atoms with Crippen molar-refractivity contribution in [3.05, 3.63) is 12.2 Å². The number of allylic oxidation sites excluding steroid dienone is 1. The predicted octanol–water partition coefficient (Wildman–Crippen LogP) is 1.52. The van der Waals surface area contributed by atoms with Crippen molar-refractivity contribution in [2.45, 2.75) is 19.8 Å². The van der Waals surface area contributed by atoms with Crippen LogP contribution < -0.4 is 0 Å². The molecule has 0 aromatic carbocycles. The Morgan fingerprint density at radius 2 is 2.55 bits per heavy atom. The smallest absolute Gasteiger partial charge is 0.312 e. The second kappa shape index (κ2) is 2.10. The summed E-state index contributed by atoms with van der Waals surface area (Å²) in [5, 5.41) is 0. The molecule has 1 saturated heterocycles. The third-order valence-corrected chi connectivity index (χ3v) is 2.88. The van der Waals surface area contributed by atoms with Gasteiger partial charge >= 0.3 is 5.97 Å². The van der Waals surface area contributed by atoms with E-state index >= 15 is 0 Å². The number of ether oxygens (including phenoxy) is 1. The number of carbonyl (C=O) groups excluding carboxylic acids is 1. The van der Waals surface area contributed by atoms with E-state index in [9.17, 15) is 4.79 Å². The highest BCUT2D eigenvalue weighted by Crippen LogP contribution is 2.42. The second-order valence-electron chi connectivity index (χ2n) is 3.59. The van der Waals surface area contributed by atoms with Gasteiger partial charge in [-0.1, -0.05) is 12.2 Å². The van der Waals surface area contributed by atoms with Gasteiger partial charge in [0.2, 0.25) is 0 Å². The minimum Gasteiger partial charge on any atom is -0.465 e. The maximum Gasteiger partial charge on any atom is 0.312 e. The highest BCUT2D eigenvalue weighted by Gasteiger charge is 2.47. The Balaban J connectivity index is 2.33. The first-order valence-electron chi connectivity index (χ1n) is 4.07. The van der Waals surface area contributed by atoms with Crippen LogP contribution in [0.4, 0.5) is 0 Å². The molecule has 0 unspecified atom stereocenters. The Bertz CT molecular complexity index is 220. The molecule has 0 amide bonds. The van der Waals surface area contributed by atoms with Crippen molar-refractivity contribution in [2.75, 3.05) is 6.61 Å². The monoisotopic (exact) mass is 152 g/mol. The third-order valence-electron chi connectivity index (χ3n) is 2.88. The summed E-state index contributed by atoms with van der Waals surface area (Å²) in [6, 6.07) is 0. The largest absolute Gasteiger partial charge is 0.465 e. The molecule has 0 radical (unpaired) electrons. The Hall–Kier alpha value is -0.790. The maximum atomic E-state index is 11.3. The number of carbonyl (C=O) groups is 1. The number of cyclic esters (lactones) is 1. The van der Waals surface area contributed by atoms with Crippen LogP contribution in [-0.2, 0) is 9.53 Å². The molecule has 1 heterocycles. The summed E-state index contributed by atoms with van der Waals surface area (Å²) in [7, 11) is 0. The number of hydrogen-bond acceptors (Lipinski definition) is 2. The SMILES string of the molecule is C[C@@]12CCC=C[C@@H]1COC2=O. The highest BCUT2D eigenvalue weighted by molar-refractivity contribution is 5.79. The van der Waals surface area contributed by atoms with E-state index in [0.29, 0.717) is 12.5 Å². The van der Waals surface area contributed by atoms with E-state index in [1.165, 1.54) is 0 Å². The minimum absolute atomic E-state index is 0.00755. The molecule has 2 aliphatic rings. The fourth-order valence-electron chi connectivity index (χ4n) is 1.86. The zero-order valence-electron chi connectivity index (χ0n) is 6.67. The summed E-state index contributed by atoms with van der Waals surface area (Å²) < 4.78 is 5.01. The lowest BCUT2D eigenvalue weighted by Gasteiger charge is -2.26. The number of hydrogen-bond donors (Lipinski definition) is 0. The Kier molecular flexibility index (Phi) is 1.31. The van der Waals surface area contributed by atoms with Gasteiger partial charge in [0.05, 0.1) is 12.0 Å². The number of fused-ring (bicyclic) bond motifs is 1. The van der Waals surface area contributed by atoms with E-state index in [1.807, 2.05) is 6.92 Å². The molecule has 0 N–H and O–H groups in total. The van der Waals surface area contributed by atoms with E-state index < -0.39 is 0 Å². The number of esters is 1. The molecule has 60 valence electrons. The van der Waals surface area contributed by atoms with Crippen LogP contribution in [0.5, 0.6) is 0 Å². The molecule has 2 atom stereocenters. The molecule has 0 saturated carbocycles. The highest BCUT2D eigenvalue weighted by atomic mass is 16.5. The van der Waals surface area contributed by atoms with Crippen molar-refractivity contribution in [3.63, 3.8) is 0 Å². The predicted molar refractivity (Wildman–Crippen MR) is 40.9 cm³/mol. The van der Waals surface area contributed by atoms with E-state index in [0.717, 1.165) is 12.8 Å². The molecule has 2 rings (SSSR count). The minimum atomic E-state index is -0.200. The van der Waals surface area contributed by atoms with Crippen molar-refractivity contribution >= 4 is 5.97 Å². The van der Waals surface area contributed by atoms with Gasteiger partial charge in [-0.3, -0.25) is 4.79 Å². The lowest BCUT2D eigenvalue weighted by molar-refractivity contribution is -0.146. The molecule has 1 aliphatic heterocycles. The maximum absolute atomic E-state index is 11.3. The molecule has 0 spiro atoms. The fourth-order valence-corrected chi connectivity index (χ4v) is 1.86. The lowest BCUT2D eigenvalue weighted by atomic mass is 9.73. The Morgan fingerprint density at radius 3 is 3.27 bits per heavy atom. The Labute approximate surface area is 66.2 Å². The Morgan fingerprint density at radius 1 is 1.73 bits per heavy atom. The molecule has 11 heavy (non-hydrogen) atoms. The second-order valence-corrected chi connectivity index (χ2v) is 3.59. The molecule has 2 nitrogen and oxygen atoms in total. The number of rotatable bonds is 0. The third kappa shape index (κ3) is 0.817. The van der Waals surface area contributed by atoms with Crippen LogP contribution in [0.25, 0.3) is 0 Å². The molecular weight excluding hydrogens is 140 g/mol. The van der Waals surface area contributed by atoms with Gasteiger partial charge in [0.1, 0.15) is 0 Å². The zero-order valence-corrected chi connectivity index (χ0v) is 6.67. The van der Waals surface area contributed by atoms with Gasteiger partial charge in [0.15, 0.2) is 0 Å². The zero-order chi connectivity index (χ0) is 7.90. The normalized spacial score (nSPS) is 41.9. The molecule has 2 heteroatoms. The first-order valence-corrected chi connectivity index (χ1v) is 4.07. The van der Waals surface area contributed by atoms with Crippen LogP contribution in [0, 0.1) is 11.3 Å². The van der Waals surface area contributed by atoms with E-state index in [2.05, 4.69) is 12.2 Å². The fraction of sp³-hybridized carbons (Fsp3) is 0.667. The van der Waals surface area contributed by atoms with E-state index in [1.54, 1.807) is 0 Å². The molecule has 0 aromatic rings. The first-order chi connectivity index (χ1) is 5.23. The van der Waals surface area contributed by atoms with Crippen molar-refractivity contribution in [1.82, 2.24) is 0 Å². The van der Waals surface area contributed by atoms with Gasteiger partial charge in [-0.15, -0.1) is 0 Å². The van der Waals surface area contributed by atoms with Gasteiger partial charge in [0, 0.05) is 5.92 Å². The van der Waals surface area contributed by atoms with Crippen LogP contribution in [0.2, 0.25) is 0 Å². The standard InChI is InChI=1S/C9H12O2/c1-9-5-3-2-4-7(9)6-11-8(9)10/h2,4,7H,3,5-6H2,1H3/t7-,9-/m1/s1. The summed E-state index contributed by atoms with van der Waals surface area (Å²) in [6.07, 6.45) is 6.23. The van der Waals surface area contributed by atoms with Crippen molar-refractivity contribution < 1.29 is 9.53 Å². The van der Waals surface area contributed by atoms with Gasteiger partial charge in [-0.05, 0) is 19.8 Å². The summed E-state index contributed by atoms with van der Waals surface area (Å²) >= 11 is 0. The van der Waals surface area contributed by atoms with Crippen LogP contribution in [0.3, 0.4) is 0 Å². The van der Waals surface area contributed by atoms with Crippen LogP contribution in [-0.4, -0.2) is 12.6 Å². The molecule has 1 aliphatic carbocycles. The van der Waals surface area contributed by atoms with Crippen molar-refractivity contribution in [3.8, 4) is 0 Å². The van der Waals surface area contributed by atoms with Gasteiger partial charge in [-0.25, -0.2) is 0 Å². The van der Waals surface area contributed by atoms with Crippen LogP contribution in [0.15, 0.2) is 12.2 Å². The molecule has 0 aromatic heterocycles. The summed E-state index contributed by atoms with van der Waals surface area (Å²) in [4.78, 5) is 11.3. The lowest BCUT2D eigenvalue weighted by Crippen LogP contribution is -2.30. The van der Waals surface area contributed by atoms with Crippen LogP contribution >= 0.6 is 0 Å². The van der Waals surface area contributed by atoms with Crippen molar-refractivity contribution in [1.29, 1.82) is 0 Å². The summed E-state index contributed by atoms with van der Waals surface area (Å²) in [5.41, 5.74) is -0.200. The van der Waals surface area contributed by atoms with Gasteiger partial charge < -0.3 is 4.74 Å². The van der Waals surface area contributed by atoms with E-state index in [-0.39, 0.29) is 11.4 Å². The summed E-state index contributed by atoms with van der Waals surface area (Å²) in [5.74, 6) is 0.329. The van der Waals surface area contributed by atoms with Gasteiger partial charge in [0.25, 0.3) is 0 Å². The summed E-state index contributed by atoms with van der Waals surface area (Å²) in [6.45, 7) is 2.60. The van der Waals surface area contributed by atoms with E-state index in [4.69, 9.17) is 4.74 Å².